The summed E-state index contributed by atoms with van der Waals surface area (Å²) in [5, 5.41) is 12.2. The first-order valence-corrected chi connectivity index (χ1v) is 7.53. The highest BCUT2D eigenvalue weighted by molar-refractivity contribution is 5.88. The molecular formula is C17H23NO3. The summed E-state index contributed by atoms with van der Waals surface area (Å²) in [6.07, 6.45) is 4.05. The lowest BCUT2D eigenvalue weighted by Crippen LogP contribution is -2.55. The molecule has 1 saturated carbocycles. The van der Waals surface area contributed by atoms with Crippen molar-refractivity contribution < 1.29 is 14.7 Å². The quantitative estimate of drug-likeness (QED) is 0.895. The Balaban J connectivity index is 2.05. The molecule has 2 rings (SSSR count). The van der Waals surface area contributed by atoms with Gasteiger partial charge in [-0.15, -0.1) is 0 Å². The van der Waals surface area contributed by atoms with Crippen LogP contribution in [-0.4, -0.2) is 22.5 Å². The first kappa shape index (κ1) is 15.5. The molecule has 0 atom stereocenters. The van der Waals surface area contributed by atoms with Crippen molar-refractivity contribution in [2.75, 3.05) is 0 Å². The minimum atomic E-state index is -1.06. The molecule has 0 radical (unpaired) electrons. The number of benzene rings is 1. The maximum absolute atomic E-state index is 12.2. The van der Waals surface area contributed by atoms with Crippen LogP contribution in [0.15, 0.2) is 18.2 Å². The molecule has 1 amide bonds. The predicted octanol–water partition coefficient (Wildman–Crippen LogP) is 2.75. The van der Waals surface area contributed by atoms with Gasteiger partial charge in [0.1, 0.15) is 5.54 Å². The van der Waals surface area contributed by atoms with E-state index in [2.05, 4.69) is 5.32 Å². The van der Waals surface area contributed by atoms with Gasteiger partial charge >= 0.3 is 5.97 Å². The number of carbonyl (C=O) groups excluding carboxylic acids is 1. The summed E-state index contributed by atoms with van der Waals surface area (Å²) in [7, 11) is 0. The third-order valence-corrected chi connectivity index (χ3v) is 4.43. The summed E-state index contributed by atoms with van der Waals surface area (Å²) in [5.41, 5.74) is 2.20. The molecule has 0 aromatic heterocycles. The number of hydrogen-bond acceptors (Lipinski definition) is 2. The van der Waals surface area contributed by atoms with Crippen molar-refractivity contribution in [2.45, 2.75) is 57.9 Å². The molecule has 1 aliphatic carbocycles. The van der Waals surface area contributed by atoms with Gasteiger partial charge in [0.05, 0.1) is 6.42 Å². The van der Waals surface area contributed by atoms with Gasteiger partial charge < -0.3 is 10.4 Å². The van der Waals surface area contributed by atoms with Gasteiger partial charge in [0, 0.05) is 0 Å². The summed E-state index contributed by atoms with van der Waals surface area (Å²) in [6, 6.07) is 5.91. The van der Waals surface area contributed by atoms with Crippen molar-refractivity contribution in [3.05, 3.63) is 34.9 Å². The van der Waals surface area contributed by atoms with Gasteiger partial charge in [-0.3, -0.25) is 4.79 Å². The normalized spacial score (nSPS) is 17.2. The molecule has 0 bridgehead atoms. The Bertz CT molecular complexity index is 545. The van der Waals surface area contributed by atoms with Gasteiger partial charge in [-0.25, -0.2) is 4.79 Å². The molecule has 2 N–H and O–H groups in total. The topological polar surface area (TPSA) is 66.4 Å². The average molecular weight is 289 g/mol. The number of carbonyl (C=O) groups is 2. The molecule has 0 spiro atoms. The van der Waals surface area contributed by atoms with E-state index in [1.54, 1.807) is 0 Å². The van der Waals surface area contributed by atoms with Crippen molar-refractivity contribution in [1.82, 2.24) is 5.32 Å². The maximum Gasteiger partial charge on any atom is 0.329 e. The third-order valence-electron chi connectivity index (χ3n) is 4.43. The largest absolute Gasteiger partial charge is 0.480 e. The SMILES string of the molecule is Cc1ccc(CC(=O)NC2(C(=O)O)CCCCC2)cc1C. The van der Waals surface area contributed by atoms with Crippen LogP contribution in [0.4, 0.5) is 0 Å². The number of rotatable bonds is 4. The van der Waals surface area contributed by atoms with Crippen LogP contribution >= 0.6 is 0 Å². The van der Waals surface area contributed by atoms with Crippen LogP contribution < -0.4 is 5.32 Å². The minimum Gasteiger partial charge on any atom is -0.480 e. The van der Waals surface area contributed by atoms with Crippen LogP contribution in [0, 0.1) is 13.8 Å². The molecule has 4 nitrogen and oxygen atoms in total. The van der Waals surface area contributed by atoms with Crippen molar-refractivity contribution in [2.24, 2.45) is 0 Å². The lowest BCUT2D eigenvalue weighted by molar-refractivity contribution is -0.149. The fraction of sp³-hybridized carbons (Fsp3) is 0.529. The zero-order chi connectivity index (χ0) is 15.5. The van der Waals surface area contributed by atoms with Crippen LogP contribution in [-0.2, 0) is 16.0 Å². The summed E-state index contributed by atoms with van der Waals surface area (Å²) < 4.78 is 0. The van der Waals surface area contributed by atoms with Crippen molar-refractivity contribution >= 4 is 11.9 Å². The van der Waals surface area contributed by atoms with Crippen LogP contribution in [0.25, 0.3) is 0 Å². The molecule has 0 saturated heterocycles. The van der Waals surface area contributed by atoms with Crippen LogP contribution in [0.2, 0.25) is 0 Å². The van der Waals surface area contributed by atoms with Crippen LogP contribution in [0.1, 0.15) is 48.8 Å². The Kier molecular flexibility index (Phi) is 4.66. The minimum absolute atomic E-state index is 0.206. The second-order valence-electron chi connectivity index (χ2n) is 6.09. The molecule has 0 heterocycles. The highest BCUT2D eigenvalue weighted by Gasteiger charge is 2.40. The van der Waals surface area contributed by atoms with E-state index in [9.17, 15) is 14.7 Å². The van der Waals surface area contributed by atoms with Crippen LogP contribution in [0.3, 0.4) is 0 Å². The highest BCUT2D eigenvalue weighted by atomic mass is 16.4. The average Bonchev–Trinajstić information content (AvgIpc) is 2.43. The molecule has 114 valence electrons. The van der Waals surface area contributed by atoms with E-state index in [0.717, 1.165) is 30.4 Å². The van der Waals surface area contributed by atoms with E-state index < -0.39 is 11.5 Å². The number of nitrogens with one attached hydrogen (secondary N) is 1. The van der Waals surface area contributed by atoms with E-state index in [1.807, 2.05) is 32.0 Å². The van der Waals surface area contributed by atoms with Gasteiger partial charge in [0.15, 0.2) is 0 Å². The second kappa shape index (κ2) is 6.29. The van der Waals surface area contributed by atoms with Gasteiger partial charge in [-0.1, -0.05) is 37.5 Å². The maximum atomic E-state index is 12.2. The van der Waals surface area contributed by atoms with Gasteiger partial charge in [0.2, 0.25) is 5.91 Å². The van der Waals surface area contributed by atoms with E-state index in [0.29, 0.717) is 12.8 Å². The van der Waals surface area contributed by atoms with Gasteiger partial charge in [-0.2, -0.15) is 0 Å². The van der Waals surface area contributed by atoms with E-state index in [-0.39, 0.29) is 12.3 Å². The Labute approximate surface area is 125 Å². The Morgan fingerprint density at radius 3 is 2.38 bits per heavy atom. The summed E-state index contributed by atoms with van der Waals surface area (Å²) in [4.78, 5) is 23.8. The molecule has 1 aliphatic rings. The van der Waals surface area contributed by atoms with Gasteiger partial charge in [-0.05, 0) is 43.4 Å². The number of aryl methyl sites for hydroxylation is 2. The number of carboxylic acids is 1. The molecular weight excluding hydrogens is 266 g/mol. The van der Waals surface area contributed by atoms with E-state index >= 15 is 0 Å². The molecule has 21 heavy (non-hydrogen) atoms. The first-order valence-electron chi connectivity index (χ1n) is 7.53. The lowest BCUT2D eigenvalue weighted by atomic mass is 9.81. The second-order valence-corrected chi connectivity index (χ2v) is 6.09. The Morgan fingerprint density at radius 1 is 1.14 bits per heavy atom. The smallest absolute Gasteiger partial charge is 0.329 e. The van der Waals surface area contributed by atoms with E-state index in [1.165, 1.54) is 5.56 Å². The van der Waals surface area contributed by atoms with Crippen molar-refractivity contribution in [3.63, 3.8) is 0 Å². The van der Waals surface area contributed by atoms with Crippen LogP contribution in [0.5, 0.6) is 0 Å². The number of amides is 1. The summed E-state index contributed by atoms with van der Waals surface area (Å²) in [5.74, 6) is -1.11. The monoisotopic (exact) mass is 289 g/mol. The molecule has 4 heteroatoms. The lowest BCUT2D eigenvalue weighted by Gasteiger charge is -2.34. The molecule has 0 unspecified atom stereocenters. The number of hydrogen-bond donors (Lipinski definition) is 2. The van der Waals surface area contributed by atoms with Crippen molar-refractivity contribution in [3.8, 4) is 0 Å². The number of aliphatic carboxylic acids is 1. The highest BCUT2D eigenvalue weighted by Crippen LogP contribution is 2.28. The van der Waals surface area contributed by atoms with E-state index in [4.69, 9.17) is 0 Å². The standard InChI is InChI=1S/C17H23NO3/c1-12-6-7-14(10-13(12)2)11-15(19)18-17(16(20)21)8-4-3-5-9-17/h6-7,10H,3-5,8-9,11H2,1-2H3,(H,18,19)(H,20,21). The molecule has 1 aromatic rings. The predicted molar refractivity (Wildman–Crippen MR) is 81.2 cm³/mol. The Morgan fingerprint density at radius 2 is 1.81 bits per heavy atom. The van der Waals surface area contributed by atoms with Gasteiger partial charge in [0.25, 0.3) is 0 Å². The fourth-order valence-corrected chi connectivity index (χ4v) is 2.96. The summed E-state index contributed by atoms with van der Waals surface area (Å²) >= 11 is 0. The summed E-state index contributed by atoms with van der Waals surface area (Å²) in [6.45, 7) is 4.04. The molecule has 1 fully saturated rings. The van der Waals surface area contributed by atoms with Crippen molar-refractivity contribution in [1.29, 1.82) is 0 Å². The zero-order valence-corrected chi connectivity index (χ0v) is 12.7. The first-order chi connectivity index (χ1) is 9.93. The Hall–Kier alpha value is -1.84. The zero-order valence-electron chi connectivity index (χ0n) is 12.7. The number of carboxylic acid groups (broad SMARTS) is 1. The fourth-order valence-electron chi connectivity index (χ4n) is 2.96. The molecule has 1 aromatic carbocycles. The third kappa shape index (κ3) is 3.63. The molecule has 0 aliphatic heterocycles.